The Morgan fingerprint density at radius 2 is 2.11 bits per heavy atom. The van der Waals surface area contributed by atoms with Gasteiger partial charge in [-0.3, -0.25) is 10.1 Å². The molecule has 2 rings (SSSR count). The average molecular weight is 253 g/mol. The molecule has 0 bridgehead atoms. The normalized spacial score (nSPS) is 18.6. The molecule has 0 radical (unpaired) electrons. The van der Waals surface area contributed by atoms with Crippen LogP contribution >= 0.6 is 0 Å². The summed E-state index contributed by atoms with van der Waals surface area (Å²) in [5.41, 5.74) is 6.19. The van der Waals surface area contributed by atoms with Gasteiger partial charge in [0, 0.05) is 17.7 Å². The standard InChI is InChI=1S/C12H16FN3O2/c13-11-7-9(16(17)18)1-2-10(11)12(14)8-3-5-15-6-4-8/h1-2,7-8,12,15H,3-6,14H2. The third-order valence-electron chi connectivity index (χ3n) is 3.45. The van der Waals surface area contributed by atoms with Crippen molar-refractivity contribution in [2.45, 2.75) is 18.9 Å². The van der Waals surface area contributed by atoms with Gasteiger partial charge < -0.3 is 11.1 Å². The Balaban J connectivity index is 2.19. The monoisotopic (exact) mass is 253 g/mol. The fraction of sp³-hybridized carbons (Fsp3) is 0.500. The lowest BCUT2D eigenvalue weighted by Crippen LogP contribution is -2.34. The quantitative estimate of drug-likeness (QED) is 0.635. The molecule has 1 aromatic rings. The smallest absolute Gasteiger partial charge is 0.272 e. The van der Waals surface area contributed by atoms with Gasteiger partial charge in [-0.1, -0.05) is 0 Å². The van der Waals surface area contributed by atoms with Gasteiger partial charge in [0.05, 0.1) is 11.0 Å². The third kappa shape index (κ3) is 2.65. The number of hydrogen-bond donors (Lipinski definition) is 2. The van der Waals surface area contributed by atoms with Crippen LogP contribution in [0.1, 0.15) is 24.4 Å². The number of nitrogens with one attached hydrogen (secondary N) is 1. The lowest BCUT2D eigenvalue weighted by molar-refractivity contribution is -0.385. The Hall–Kier alpha value is -1.53. The summed E-state index contributed by atoms with van der Waals surface area (Å²) in [6, 6.07) is 3.28. The highest BCUT2D eigenvalue weighted by molar-refractivity contribution is 5.35. The molecule has 1 aliphatic heterocycles. The highest BCUT2D eigenvalue weighted by Gasteiger charge is 2.24. The van der Waals surface area contributed by atoms with Crippen molar-refractivity contribution in [2.24, 2.45) is 11.7 Å². The van der Waals surface area contributed by atoms with E-state index >= 15 is 0 Å². The number of piperidine rings is 1. The van der Waals surface area contributed by atoms with Crippen LogP contribution in [0.15, 0.2) is 18.2 Å². The van der Waals surface area contributed by atoms with Crippen molar-refractivity contribution in [1.29, 1.82) is 0 Å². The molecule has 5 nitrogen and oxygen atoms in total. The van der Waals surface area contributed by atoms with Crippen molar-refractivity contribution in [3.63, 3.8) is 0 Å². The molecule has 0 saturated carbocycles. The van der Waals surface area contributed by atoms with E-state index in [1.807, 2.05) is 0 Å². The van der Waals surface area contributed by atoms with Gasteiger partial charge in [0.15, 0.2) is 0 Å². The number of benzene rings is 1. The molecule has 0 spiro atoms. The number of halogens is 1. The number of hydrogen-bond acceptors (Lipinski definition) is 4. The first-order valence-corrected chi connectivity index (χ1v) is 5.99. The molecule has 1 heterocycles. The first-order chi connectivity index (χ1) is 8.59. The van der Waals surface area contributed by atoms with Crippen molar-refractivity contribution >= 4 is 5.69 Å². The van der Waals surface area contributed by atoms with E-state index in [1.165, 1.54) is 12.1 Å². The number of nitrogens with two attached hydrogens (primary N) is 1. The summed E-state index contributed by atoms with van der Waals surface area (Å²) in [5.74, 6) is -0.363. The molecular formula is C12H16FN3O2. The van der Waals surface area contributed by atoms with E-state index in [9.17, 15) is 14.5 Å². The highest BCUT2D eigenvalue weighted by Crippen LogP contribution is 2.29. The van der Waals surface area contributed by atoms with Gasteiger partial charge in [-0.25, -0.2) is 4.39 Å². The van der Waals surface area contributed by atoms with Gasteiger partial charge in [-0.2, -0.15) is 0 Å². The third-order valence-corrected chi connectivity index (χ3v) is 3.45. The first-order valence-electron chi connectivity index (χ1n) is 5.99. The zero-order chi connectivity index (χ0) is 13.1. The minimum Gasteiger partial charge on any atom is -0.324 e. The van der Waals surface area contributed by atoms with Crippen LogP contribution in [0.25, 0.3) is 0 Å². The van der Waals surface area contributed by atoms with E-state index in [0.717, 1.165) is 32.0 Å². The van der Waals surface area contributed by atoms with E-state index < -0.39 is 16.8 Å². The van der Waals surface area contributed by atoms with E-state index in [2.05, 4.69) is 5.32 Å². The minimum atomic E-state index is -0.608. The first kappa shape index (κ1) is 12.9. The zero-order valence-electron chi connectivity index (χ0n) is 9.93. The van der Waals surface area contributed by atoms with Crippen LogP contribution in [0.2, 0.25) is 0 Å². The predicted octanol–water partition coefficient (Wildman–Crippen LogP) is 1.73. The van der Waals surface area contributed by atoms with Crippen LogP contribution in [0, 0.1) is 21.8 Å². The van der Waals surface area contributed by atoms with Crippen LogP contribution in [-0.2, 0) is 0 Å². The van der Waals surface area contributed by atoms with Gasteiger partial charge in [-0.15, -0.1) is 0 Å². The summed E-state index contributed by atoms with van der Waals surface area (Å²) in [4.78, 5) is 9.93. The molecule has 1 aromatic carbocycles. The van der Waals surface area contributed by atoms with Crippen LogP contribution in [0.3, 0.4) is 0 Å². The lowest BCUT2D eigenvalue weighted by atomic mass is 9.86. The van der Waals surface area contributed by atoms with Gasteiger partial charge in [-0.05, 0) is 37.9 Å². The van der Waals surface area contributed by atoms with Crippen molar-refractivity contribution in [3.05, 3.63) is 39.7 Å². The molecule has 1 saturated heterocycles. The van der Waals surface area contributed by atoms with Crippen LogP contribution < -0.4 is 11.1 Å². The Morgan fingerprint density at radius 1 is 1.44 bits per heavy atom. The zero-order valence-corrected chi connectivity index (χ0v) is 9.93. The molecule has 6 heteroatoms. The molecule has 0 amide bonds. The van der Waals surface area contributed by atoms with Crippen LogP contribution in [-0.4, -0.2) is 18.0 Å². The molecule has 1 atom stereocenters. The SMILES string of the molecule is NC(c1ccc([N+](=O)[O-])cc1F)C1CCNCC1. The molecule has 0 aliphatic carbocycles. The number of nitro groups is 1. The van der Waals surface area contributed by atoms with Gasteiger partial charge in [0.2, 0.25) is 0 Å². The molecule has 1 unspecified atom stereocenters. The summed E-state index contributed by atoms with van der Waals surface area (Å²) in [6.07, 6.45) is 1.80. The largest absolute Gasteiger partial charge is 0.324 e. The molecule has 1 aliphatic rings. The van der Waals surface area contributed by atoms with Crippen LogP contribution in [0.4, 0.5) is 10.1 Å². The molecule has 1 fully saturated rings. The minimum absolute atomic E-state index is 0.224. The van der Waals surface area contributed by atoms with E-state index in [4.69, 9.17) is 5.73 Å². The average Bonchev–Trinajstić information content (AvgIpc) is 2.38. The fourth-order valence-corrected chi connectivity index (χ4v) is 2.36. The molecular weight excluding hydrogens is 237 g/mol. The molecule has 0 aromatic heterocycles. The summed E-state index contributed by atoms with van der Waals surface area (Å²) in [7, 11) is 0. The summed E-state index contributed by atoms with van der Waals surface area (Å²) in [6.45, 7) is 1.76. The van der Waals surface area contributed by atoms with Gasteiger partial charge in [0.1, 0.15) is 5.82 Å². The van der Waals surface area contributed by atoms with Crippen molar-refractivity contribution in [2.75, 3.05) is 13.1 Å². The second-order valence-corrected chi connectivity index (χ2v) is 4.58. The topological polar surface area (TPSA) is 81.2 Å². The summed E-state index contributed by atoms with van der Waals surface area (Å²) in [5, 5.41) is 13.8. The number of nitrogens with zero attached hydrogens (tertiary/aromatic N) is 1. The molecule has 18 heavy (non-hydrogen) atoms. The van der Waals surface area contributed by atoms with Gasteiger partial charge >= 0.3 is 0 Å². The second kappa shape index (κ2) is 5.41. The summed E-state index contributed by atoms with van der Waals surface area (Å²) >= 11 is 0. The maximum atomic E-state index is 13.8. The molecule has 3 N–H and O–H groups in total. The predicted molar refractivity (Wildman–Crippen MR) is 65.6 cm³/mol. The van der Waals surface area contributed by atoms with Crippen molar-refractivity contribution < 1.29 is 9.31 Å². The van der Waals surface area contributed by atoms with Gasteiger partial charge in [0.25, 0.3) is 5.69 Å². The Labute approximate surface area is 104 Å². The van der Waals surface area contributed by atoms with Crippen molar-refractivity contribution in [1.82, 2.24) is 5.32 Å². The number of non-ortho nitro benzene ring substituents is 1. The highest BCUT2D eigenvalue weighted by atomic mass is 19.1. The Kier molecular flexibility index (Phi) is 3.88. The van der Waals surface area contributed by atoms with E-state index in [1.54, 1.807) is 0 Å². The van der Waals surface area contributed by atoms with E-state index in [-0.39, 0.29) is 11.6 Å². The number of nitro benzene ring substituents is 1. The summed E-state index contributed by atoms with van der Waals surface area (Å²) < 4.78 is 13.8. The molecule has 98 valence electrons. The van der Waals surface area contributed by atoms with Crippen molar-refractivity contribution in [3.8, 4) is 0 Å². The number of rotatable bonds is 3. The lowest BCUT2D eigenvalue weighted by Gasteiger charge is -2.28. The Bertz CT molecular complexity index is 447. The van der Waals surface area contributed by atoms with Crippen LogP contribution in [0.5, 0.6) is 0 Å². The Morgan fingerprint density at radius 3 is 2.67 bits per heavy atom. The fourth-order valence-electron chi connectivity index (χ4n) is 2.36. The maximum Gasteiger partial charge on any atom is 0.272 e. The maximum absolute atomic E-state index is 13.8. The van der Waals surface area contributed by atoms with E-state index in [0.29, 0.717) is 5.56 Å². The second-order valence-electron chi connectivity index (χ2n) is 4.58.